The van der Waals surface area contributed by atoms with Gasteiger partial charge < -0.3 is 9.80 Å². The van der Waals surface area contributed by atoms with E-state index in [1.54, 1.807) is 23.9 Å². The number of hydrogen-bond acceptors (Lipinski definition) is 6. The Morgan fingerprint density at radius 3 is 2.37 bits per heavy atom. The van der Waals surface area contributed by atoms with E-state index in [-0.39, 0.29) is 11.1 Å². The molecular weight excluding hydrogens is 443 g/mol. The zero-order valence-electron chi connectivity index (χ0n) is 20.2. The maximum absolute atomic E-state index is 14.6. The molecule has 0 spiro atoms. The standard InChI is InChI=1S/C27H29FN6O/c1-18-9-13-34(14-10-18)27-31-25(19-5-6-20(16-29)22(28)15-19)24(26(35)32(27)2)21-7-8-23(30-17-21)33-11-3-4-12-33/h5-8,15,17-18H,3-4,9-14H2,1-2H3. The first-order valence-electron chi connectivity index (χ1n) is 12.2. The van der Waals surface area contributed by atoms with E-state index in [0.717, 1.165) is 57.7 Å². The van der Waals surface area contributed by atoms with Crippen molar-refractivity contribution < 1.29 is 4.39 Å². The maximum Gasteiger partial charge on any atom is 0.263 e. The highest BCUT2D eigenvalue weighted by molar-refractivity contribution is 5.81. The number of nitrogens with zero attached hydrogens (tertiary/aromatic N) is 6. The molecule has 180 valence electrons. The van der Waals surface area contributed by atoms with Gasteiger partial charge in [0.15, 0.2) is 0 Å². The summed E-state index contributed by atoms with van der Waals surface area (Å²) in [5.74, 6) is 1.47. The van der Waals surface area contributed by atoms with Gasteiger partial charge in [-0.05, 0) is 55.9 Å². The maximum atomic E-state index is 14.6. The van der Waals surface area contributed by atoms with Crippen LogP contribution in [0.15, 0.2) is 41.3 Å². The number of pyridine rings is 1. The van der Waals surface area contributed by atoms with Crippen molar-refractivity contribution in [3.05, 3.63) is 58.3 Å². The number of halogens is 1. The molecule has 7 nitrogen and oxygen atoms in total. The fourth-order valence-electron chi connectivity index (χ4n) is 4.97. The molecule has 0 saturated carbocycles. The van der Waals surface area contributed by atoms with Gasteiger partial charge in [0.2, 0.25) is 5.95 Å². The summed E-state index contributed by atoms with van der Waals surface area (Å²) in [5.41, 5.74) is 1.64. The molecule has 4 heterocycles. The van der Waals surface area contributed by atoms with Crippen LogP contribution < -0.4 is 15.4 Å². The van der Waals surface area contributed by atoms with Gasteiger partial charge in [0.05, 0.1) is 16.8 Å². The molecule has 2 aliphatic rings. The fraction of sp³-hybridized carbons (Fsp3) is 0.407. The molecule has 3 aromatic rings. The van der Waals surface area contributed by atoms with E-state index >= 15 is 0 Å². The minimum atomic E-state index is -0.630. The van der Waals surface area contributed by atoms with E-state index in [1.165, 1.54) is 12.1 Å². The average molecular weight is 473 g/mol. The van der Waals surface area contributed by atoms with E-state index in [4.69, 9.17) is 10.2 Å². The highest BCUT2D eigenvalue weighted by atomic mass is 19.1. The summed E-state index contributed by atoms with van der Waals surface area (Å²) in [6, 6.07) is 10.1. The number of benzene rings is 1. The van der Waals surface area contributed by atoms with Gasteiger partial charge in [-0.1, -0.05) is 13.0 Å². The smallest absolute Gasteiger partial charge is 0.263 e. The Bertz CT molecular complexity index is 1330. The largest absolute Gasteiger partial charge is 0.357 e. The monoisotopic (exact) mass is 472 g/mol. The van der Waals surface area contributed by atoms with E-state index in [1.807, 2.05) is 18.2 Å². The van der Waals surface area contributed by atoms with E-state index < -0.39 is 5.82 Å². The van der Waals surface area contributed by atoms with Crippen LogP contribution in [0.1, 0.15) is 38.2 Å². The Kier molecular flexibility index (Phi) is 6.25. The fourth-order valence-corrected chi connectivity index (χ4v) is 4.97. The van der Waals surface area contributed by atoms with Gasteiger partial charge in [-0.3, -0.25) is 9.36 Å². The lowest BCUT2D eigenvalue weighted by Crippen LogP contribution is -2.38. The van der Waals surface area contributed by atoms with Gasteiger partial charge in [-0.2, -0.15) is 5.26 Å². The first-order chi connectivity index (χ1) is 17.0. The minimum absolute atomic E-state index is 0.0407. The molecule has 1 aromatic carbocycles. The summed E-state index contributed by atoms with van der Waals surface area (Å²) in [4.78, 5) is 27.7. The van der Waals surface area contributed by atoms with Gasteiger partial charge in [-0.15, -0.1) is 0 Å². The van der Waals surface area contributed by atoms with Crippen LogP contribution in [0.25, 0.3) is 22.4 Å². The second-order valence-corrected chi connectivity index (χ2v) is 9.57. The molecule has 2 aromatic heterocycles. The number of piperidine rings is 1. The Morgan fingerprint density at radius 2 is 1.74 bits per heavy atom. The van der Waals surface area contributed by atoms with Crippen molar-refractivity contribution in [3.63, 3.8) is 0 Å². The summed E-state index contributed by atoms with van der Waals surface area (Å²) in [7, 11) is 1.74. The van der Waals surface area contributed by atoms with Crippen molar-refractivity contribution in [3.8, 4) is 28.5 Å². The molecule has 2 saturated heterocycles. The molecule has 0 bridgehead atoms. The molecule has 0 aliphatic carbocycles. The number of rotatable bonds is 4. The molecule has 0 amide bonds. The molecule has 35 heavy (non-hydrogen) atoms. The summed E-state index contributed by atoms with van der Waals surface area (Å²) in [6.07, 6.45) is 6.07. The van der Waals surface area contributed by atoms with Gasteiger partial charge in [0.25, 0.3) is 5.56 Å². The van der Waals surface area contributed by atoms with Crippen LogP contribution in [0.5, 0.6) is 0 Å². The van der Waals surface area contributed by atoms with Gasteiger partial charge in [0, 0.05) is 50.6 Å². The Labute approximate surface area is 204 Å². The third-order valence-corrected chi connectivity index (χ3v) is 7.16. The topological polar surface area (TPSA) is 78.1 Å². The van der Waals surface area contributed by atoms with Crippen molar-refractivity contribution >= 4 is 11.8 Å². The van der Waals surface area contributed by atoms with E-state index in [2.05, 4.69) is 21.7 Å². The number of nitriles is 1. The summed E-state index contributed by atoms with van der Waals surface area (Å²) < 4.78 is 16.2. The average Bonchev–Trinajstić information content (AvgIpc) is 3.41. The Morgan fingerprint density at radius 1 is 1.03 bits per heavy atom. The second kappa shape index (κ2) is 9.49. The number of hydrogen-bond donors (Lipinski definition) is 0. The molecule has 0 unspecified atom stereocenters. The molecule has 2 fully saturated rings. The first kappa shape index (κ1) is 23.0. The highest BCUT2D eigenvalue weighted by Crippen LogP contribution is 2.32. The molecule has 2 aliphatic heterocycles. The van der Waals surface area contributed by atoms with E-state index in [0.29, 0.717) is 34.3 Å². The normalized spacial score (nSPS) is 16.5. The zero-order valence-corrected chi connectivity index (χ0v) is 20.2. The van der Waals surface area contributed by atoms with Gasteiger partial charge in [0.1, 0.15) is 17.7 Å². The lowest BCUT2D eigenvalue weighted by Gasteiger charge is -2.32. The predicted molar refractivity (Wildman–Crippen MR) is 135 cm³/mol. The van der Waals surface area contributed by atoms with Crippen LogP contribution in [0.4, 0.5) is 16.2 Å². The van der Waals surface area contributed by atoms with Gasteiger partial charge in [-0.25, -0.2) is 14.4 Å². The van der Waals surface area contributed by atoms with Crippen LogP contribution in [0.2, 0.25) is 0 Å². The Hall–Kier alpha value is -3.73. The summed E-state index contributed by atoms with van der Waals surface area (Å²) in [5, 5.41) is 9.17. The number of aromatic nitrogens is 3. The second-order valence-electron chi connectivity index (χ2n) is 9.57. The lowest BCUT2D eigenvalue weighted by molar-refractivity contribution is 0.431. The third kappa shape index (κ3) is 4.39. The zero-order chi connectivity index (χ0) is 24.5. The number of anilines is 2. The molecule has 8 heteroatoms. The third-order valence-electron chi connectivity index (χ3n) is 7.16. The summed E-state index contributed by atoms with van der Waals surface area (Å²) in [6.45, 7) is 5.82. The molecule has 0 radical (unpaired) electrons. The summed E-state index contributed by atoms with van der Waals surface area (Å²) >= 11 is 0. The van der Waals surface area contributed by atoms with Gasteiger partial charge >= 0.3 is 0 Å². The van der Waals surface area contributed by atoms with Crippen molar-refractivity contribution in [2.75, 3.05) is 36.0 Å². The van der Waals surface area contributed by atoms with Crippen LogP contribution in [-0.2, 0) is 7.05 Å². The van der Waals surface area contributed by atoms with Crippen molar-refractivity contribution in [1.82, 2.24) is 14.5 Å². The van der Waals surface area contributed by atoms with Crippen LogP contribution in [0, 0.1) is 23.1 Å². The molecule has 0 atom stereocenters. The quantitative estimate of drug-likeness (QED) is 0.562. The minimum Gasteiger partial charge on any atom is -0.357 e. The predicted octanol–water partition coefficient (Wildman–Crippen LogP) is 4.36. The van der Waals surface area contributed by atoms with Crippen LogP contribution in [-0.4, -0.2) is 40.7 Å². The van der Waals surface area contributed by atoms with Crippen LogP contribution in [0.3, 0.4) is 0 Å². The van der Waals surface area contributed by atoms with Crippen molar-refractivity contribution in [2.24, 2.45) is 13.0 Å². The first-order valence-corrected chi connectivity index (χ1v) is 12.2. The SMILES string of the molecule is CC1CCN(c2nc(-c3ccc(C#N)c(F)c3)c(-c3ccc(N4CCCC4)nc3)c(=O)n2C)CC1. The Balaban J connectivity index is 1.65. The van der Waals surface area contributed by atoms with E-state index in [9.17, 15) is 9.18 Å². The lowest BCUT2D eigenvalue weighted by atomic mass is 9.99. The molecule has 5 rings (SSSR count). The van der Waals surface area contributed by atoms with Crippen LogP contribution >= 0.6 is 0 Å². The molecular formula is C27H29FN6O. The van der Waals surface area contributed by atoms with Crippen molar-refractivity contribution in [2.45, 2.75) is 32.6 Å². The highest BCUT2D eigenvalue weighted by Gasteiger charge is 2.25. The van der Waals surface area contributed by atoms with Crippen molar-refractivity contribution in [1.29, 1.82) is 5.26 Å². The molecule has 0 N–H and O–H groups in total.